The number of aromatic nitrogens is 1. The number of aryl methyl sites for hydroxylation is 2. The molecule has 1 unspecified atom stereocenters. The summed E-state index contributed by atoms with van der Waals surface area (Å²) in [5.41, 5.74) is 1.98. The van der Waals surface area contributed by atoms with Crippen LogP contribution in [0.5, 0.6) is 11.5 Å². The molecule has 2 N–H and O–H groups in total. The third kappa shape index (κ3) is 6.12. The Bertz CT molecular complexity index is 1600. The van der Waals surface area contributed by atoms with Gasteiger partial charge in [-0.2, -0.15) is 0 Å². The number of pyridine rings is 1. The molecule has 0 bridgehead atoms. The van der Waals surface area contributed by atoms with Crippen LogP contribution in [0, 0.1) is 18.6 Å². The highest BCUT2D eigenvalue weighted by Crippen LogP contribution is 2.36. The van der Waals surface area contributed by atoms with E-state index in [2.05, 4.69) is 10.6 Å². The standard InChI is InChI=1S/C32H36F2N4O6/c1-18-9-10-37(11-12-42-2)31(40)29(18)38-17-24(27-25(33)15-23(44-4)16-26(27)34)28(30(38)39)36-32(41)35-21-7-5-20-14-22(43-3)8-6-19(20)13-21/h6,8-10,14-16,21,24,28H,5,7,11-13,17H2,1-4H3,(H2,35,36,41)/t21?,24-,28-/m0/s1. The van der Waals surface area contributed by atoms with Crippen molar-refractivity contribution in [3.63, 3.8) is 0 Å². The van der Waals surface area contributed by atoms with Gasteiger partial charge in [0.2, 0.25) is 0 Å². The lowest BCUT2D eigenvalue weighted by Gasteiger charge is -2.27. The van der Waals surface area contributed by atoms with Crippen molar-refractivity contribution in [3.8, 4) is 11.5 Å². The van der Waals surface area contributed by atoms with Gasteiger partial charge < -0.3 is 34.3 Å². The van der Waals surface area contributed by atoms with E-state index in [9.17, 15) is 14.4 Å². The van der Waals surface area contributed by atoms with Crippen LogP contribution < -0.4 is 30.6 Å². The number of urea groups is 1. The zero-order valence-electron chi connectivity index (χ0n) is 25.1. The second-order valence-electron chi connectivity index (χ2n) is 11.1. The van der Waals surface area contributed by atoms with Crippen LogP contribution in [-0.2, 0) is 28.9 Å². The number of fused-ring (bicyclic) bond motifs is 1. The van der Waals surface area contributed by atoms with E-state index in [0.717, 1.165) is 35.4 Å². The number of carbonyl (C=O) groups is 2. The van der Waals surface area contributed by atoms with Crippen molar-refractivity contribution >= 4 is 17.6 Å². The SMILES string of the molecule is COCCn1ccc(C)c(N2C[C@@H](c3c(F)cc(OC)cc3F)[C@H](NC(=O)NC3CCc4cc(OC)ccc4C3)C2=O)c1=O. The Labute approximate surface area is 253 Å². The fourth-order valence-corrected chi connectivity index (χ4v) is 6.08. The first kappa shape index (κ1) is 31.0. The number of benzene rings is 2. The van der Waals surface area contributed by atoms with Crippen LogP contribution in [-0.4, -0.2) is 63.1 Å². The van der Waals surface area contributed by atoms with E-state index in [1.165, 1.54) is 23.7 Å². The maximum Gasteiger partial charge on any atom is 0.315 e. The number of carbonyl (C=O) groups excluding carboxylic acids is 2. The number of nitrogens with one attached hydrogen (secondary N) is 2. The van der Waals surface area contributed by atoms with E-state index in [-0.39, 0.29) is 42.7 Å². The number of hydrogen-bond acceptors (Lipinski definition) is 6. The second kappa shape index (κ2) is 13.0. The molecule has 234 valence electrons. The molecule has 0 saturated carbocycles. The lowest BCUT2D eigenvalue weighted by Crippen LogP contribution is -2.51. The van der Waals surface area contributed by atoms with E-state index >= 15 is 8.78 Å². The van der Waals surface area contributed by atoms with Gasteiger partial charge in [0.05, 0.1) is 20.8 Å². The Hall–Kier alpha value is -4.45. The van der Waals surface area contributed by atoms with Crippen LogP contribution in [0.2, 0.25) is 0 Å². The molecule has 5 rings (SSSR count). The van der Waals surface area contributed by atoms with Crippen molar-refractivity contribution in [2.45, 2.75) is 50.7 Å². The van der Waals surface area contributed by atoms with Crippen LogP contribution in [0.3, 0.4) is 0 Å². The molecule has 2 heterocycles. The molecule has 1 fully saturated rings. The summed E-state index contributed by atoms with van der Waals surface area (Å²) in [6.07, 6.45) is 3.56. The topological polar surface area (TPSA) is 111 Å². The van der Waals surface area contributed by atoms with Crippen LogP contribution in [0.4, 0.5) is 19.3 Å². The van der Waals surface area contributed by atoms with Crippen LogP contribution >= 0.6 is 0 Å². The largest absolute Gasteiger partial charge is 0.497 e. The minimum absolute atomic E-state index is 0.0256. The zero-order valence-corrected chi connectivity index (χ0v) is 25.1. The predicted molar refractivity (Wildman–Crippen MR) is 160 cm³/mol. The molecule has 12 heteroatoms. The van der Waals surface area contributed by atoms with Crippen molar-refractivity contribution in [2.24, 2.45) is 0 Å². The Morgan fingerprint density at radius 3 is 2.39 bits per heavy atom. The molecule has 0 spiro atoms. The number of ether oxygens (including phenoxy) is 3. The van der Waals surface area contributed by atoms with Crippen LogP contribution in [0.15, 0.2) is 47.4 Å². The zero-order chi connectivity index (χ0) is 31.5. The first-order valence-corrected chi connectivity index (χ1v) is 14.4. The average molecular weight is 611 g/mol. The molecule has 1 aliphatic carbocycles. The van der Waals surface area contributed by atoms with Crippen molar-refractivity contribution in [2.75, 3.05) is 39.4 Å². The monoisotopic (exact) mass is 610 g/mol. The normalized spacial score (nSPS) is 19.5. The van der Waals surface area contributed by atoms with E-state index in [1.807, 2.05) is 18.2 Å². The van der Waals surface area contributed by atoms with Gasteiger partial charge in [-0.3, -0.25) is 9.59 Å². The van der Waals surface area contributed by atoms with E-state index in [0.29, 0.717) is 18.4 Å². The van der Waals surface area contributed by atoms with Gasteiger partial charge in [-0.25, -0.2) is 13.6 Å². The molecule has 0 radical (unpaired) electrons. The van der Waals surface area contributed by atoms with Gasteiger partial charge in [0, 0.05) is 56.1 Å². The molecular formula is C32H36F2N4O6. The average Bonchev–Trinajstić information content (AvgIpc) is 3.30. The first-order chi connectivity index (χ1) is 21.1. The summed E-state index contributed by atoms with van der Waals surface area (Å²) in [6.45, 7) is 1.97. The van der Waals surface area contributed by atoms with E-state index in [1.54, 1.807) is 26.3 Å². The highest BCUT2D eigenvalue weighted by Gasteiger charge is 2.46. The number of rotatable bonds is 9. The minimum atomic E-state index is -1.35. The minimum Gasteiger partial charge on any atom is -0.497 e. The van der Waals surface area contributed by atoms with Gasteiger partial charge >= 0.3 is 6.03 Å². The third-order valence-corrected chi connectivity index (χ3v) is 8.38. The van der Waals surface area contributed by atoms with Gasteiger partial charge in [-0.05, 0) is 61.1 Å². The van der Waals surface area contributed by atoms with E-state index < -0.39 is 41.1 Å². The first-order valence-electron chi connectivity index (χ1n) is 14.4. The molecule has 1 aliphatic heterocycles. The van der Waals surface area contributed by atoms with Gasteiger partial charge in [0.25, 0.3) is 11.5 Å². The van der Waals surface area contributed by atoms with Crippen molar-refractivity contribution in [1.29, 1.82) is 0 Å². The lowest BCUT2D eigenvalue weighted by molar-refractivity contribution is -0.118. The second-order valence-corrected chi connectivity index (χ2v) is 11.1. The number of halogens is 2. The number of hydrogen-bond donors (Lipinski definition) is 2. The predicted octanol–water partition coefficient (Wildman–Crippen LogP) is 3.45. The maximum atomic E-state index is 15.4. The molecule has 2 aliphatic rings. The molecule has 1 saturated heterocycles. The summed E-state index contributed by atoms with van der Waals surface area (Å²) in [6, 6.07) is 7.34. The molecule has 3 amide bonds. The molecule has 3 atom stereocenters. The summed E-state index contributed by atoms with van der Waals surface area (Å²) < 4.78 is 47.6. The van der Waals surface area contributed by atoms with Crippen LogP contribution in [0.1, 0.15) is 34.6 Å². The summed E-state index contributed by atoms with van der Waals surface area (Å²) in [4.78, 5) is 41.9. The summed E-state index contributed by atoms with van der Waals surface area (Å²) in [5, 5.41) is 5.61. The molecule has 1 aromatic heterocycles. The number of nitrogens with zero attached hydrogens (tertiary/aromatic N) is 2. The number of amides is 3. The quantitative estimate of drug-likeness (QED) is 0.384. The molecular weight excluding hydrogens is 574 g/mol. The van der Waals surface area contributed by atoms with E-state index in [4.69, 9.17) is 14.2 Å². The smallest absolute Gasteiger partial charge is 0.315 e. The van der Waals surface area contributed by atoms with Crippen LogP contribution in [0.25, 0.3) is 0 Å². The highest BCUT2D eigenvalue weighted by atomic mass is 19.1. The van der Waals surface area contributed by atoms with Gasteiger partial charge in [-0.15, -0.1) is 0 Å². The summed E-state index contributed by atoms with van der Waals surface area (Å²) in [7, 11) is 4.41. The Balaban J connectivity index is 1.44. The molecule has 44 heavy (non-hydrogen) atoms. The summed E-state index contributed by atoms with van der Waals surface area (Å²) >= 11 is 0. The maximum absolute atomic E-state index is 15.4. The lowest BCUT2D eigenvalue weighted by atomic mass is 9.88. The van der Waals surface area contributed by atoms with Gasteiger partial charge in [0.15, 0.2) is 0 Å². The molecule has 2 aromatic carbocycles. The fourth-order valence-electron chi connectivity index (χ4n) is 6.08. The summed E-state index contributed by atoms with van der Waals surface area (Å²) in [5.74, 6) is -2.89. The Morgan fingerprint density at radius 2 is 1.70 bits per heavy atom. The Morgan fingerprint density at radius 1 is 0.977 bits per heavy atom. The van der Waals surface area contributed by atoms with Crippen molar-refractivity contribution in [1.82, 2.24) is 15.2 Å². The molecule has 3 aromatic rings. The van der Waals surface area contributed by atoms with Crippen molar-refractivity contribution < 1.29 is 32.6 Å². The highest BCUT2D eigenvalue weighted by molar-refractivity contribution is 6.03. The van der Waals surface area contributed by atoms with Gasteiger partial charge in [0.1, 0.15) is 34.9 Å². The number of methoxy groups -OCH3 is 3. The fraction of sp³-hybridized carbons (Fsp3) is 0.406. The van der Waals surface area contributed by atoms with Gasteiger partial charge in [-0.1, -0.05) is 6.07 Å². The number of anilines is 1. The molecule has 10 nitrogen and oxygen atoms in total. The van der Waals surface area contributed by atoms with Crippen molar-refractivity contribution in [3.05, 3.63) is 86.8 Å². The third-order valence-electron chi connectivity index (χ3n) is 8.38. The Kier molecular flexibility index (Phi) is 9.19.